The van der Waals surface area contributed by atoms with E-state index in [2.05, 4.69) is 9.97 Å². The molecule has 0 spiro atoms. The molecule has 0 aliphatic carbocycles. The number of aromatic amines is 1. The number of primary amides is 1. The fourth-order valence-electron chi connectivity index (χ4n) is 1.66. The molecule has 0 fully saturated rings. The van der Waals surface area contributed by atoms with Crippen LogP contribution >= 0.6 is 23.1 Å². The van der Waals surface area contributed by atoms with Gasteiger partial charge in [0.1, 0.15) is 4.83 Å². The number of pyridine rings is 1. The Hall–Kier alpha value is -1.99. The molecule has 3 heterocycles. The number of nitrogens with one attached hydrogen (secondary N) is 1. The summed E-state index contributed by atoms with van der Waals surface area (Å²) in [6.45, 7) is 0. The first-order valence-electron chi connectivity index (χ1n) is 5.38. The number of rotatable bonds is 3. The van der Waals surface area contributed by atoms with Gasteiger partial charge in [-0.2, -0.15) is 0 Å². The first-order valence-corrected chi connectivity index (χ1v) is 7.08. The van der Waals surface area contributed by atoms with E-state index in [1.54, 1.807) is 23.7 Å². The molecule has 0 radical (unpaired) electrons. The number of H-pyrrole nitrogens is 1. The first-order chi connectivity index (χ1) is 9.24. The Morgan fingerprint density at radius 3 is 2.89 bits per heavy atom. The van der Waals surface area contributed by atoms with E-state index in [1.165, 1.54) is 11.8 Å². The summed E-state index contributed by atoms with van der Waals surface area (Å²) < 4.78 is 5.01. The number of nitrogens with two attached hydrogens (primary N) is 1. The number of fused-ring (bicyclic) bond motifs is 1. The fourth-order valence-corrected chi connectivity index (χ4v) is 3.48. The average molecular weight is 291 g/mol. The van der Waals surface area contributed by atoms with Crippen molar-refractivity contribution in [2.24, 2.45) is 5.73 Å². The molecule has 3 aromatic rings. The maximum absolute atomic E-state index is 10.9. The number of ether oxygens (including phenoxy) is 1. The number of aromatic nitrogens is 2. The summed E-state index contributed by atoms with van der Waals surface area (Å²) in [4.78, 5) is 20.8. The molecule has 0 aliphatic rings. The van der Waals surface area contributed by atoms with Crippen LogP contribution in [0.15, 0.2) is 45.8 Å². The van der Waals surface area contributed by atoms with E-state index in [0.29, 0.717) is 5.88 Å². The third kappa shape index (κ3) is 2.42. The van der Waals surface area contributed by atoms with Crippen molar-refractivity contribution in [1.82, 2.24) is 9.97 Å². The molecule has 0 aromatic carbocycles. The van der Waals surface area contributed by atoms with Gasteiger partial charge in [-0.05, 0) is 23.6 Å². The minimum absolute atomic E-state index is 0.385. The number of nitrogens with zero attached hydrogens (tertiary/aromatic N) is 1. The molecule has 0 aliphatic heterocycles. The van der Waals surface area contributed by atoms with Gasteiger partial charge in [0.2, 0.25) is 5.88 Å². The summed E-state index contributed by atoms with van der Waals surface area (Å²) in [6, 6.07) is 5.77. The number of hydrogen-bond acceptors (Lipinski definition) is 5. The zero-order chi connectivity index (χ0) is 13.2. The van der Waals surface area contributed by atoms with Crippen LogP contribution in [0.25, 0.3) is 10.2 Å². The van der Waals surface area contributed by atoms with Gasteiger partial charge in [-0.25, -0.2) is 4.79 Å². The van der Waals surface area contributed by atoms with Crippen molar-refractivity contribution in [1.29, 1.82) is 0 Å². The number of thiophene rings is 1. The average Bonchev–Trinajstić information content (AvgIpc) is 2.94. The molecule has 5 nitrogen and oxygen atoms in total. The monoisotopic (exact) mass is 291 g/mol. The van der Waals surface area contributed by atoms with Crippen LogP contribution in [0.5, 0.6) is 5.88 Å². The second-order valence-corrected chi connectivity index (χ2v) is 5.65. The van der Waals surface area contributed by atoms with Gasteiger partial charge in [0, 0.05) is 22.7 Å². The number of hydrogen-bond donors (Lipinski definition) is 2. The van der Waals surface area contributed by atoms with Gasteiger partial charge in [-0.15, -0.1) is 11.3 Å². The quantitative estimate of drug-likeness (QED) is 0.776. The molecule has 3 rings (SSSR count). The summed E-state index contributed by atoms with van der Waals surface area (Å²) in [5.74, 6) is 0.385. The van der Waals surface area contributed by atoms with Gasteiger partial charge in [-0.1, -0.05) is 11.8 Å². The Morgan fingerprint density at radius 2 is 2.16 bits per heavy atom. The lowest BCUT2D eigenvalue weighted by Crippen LogP contribution is -2.16. The predicted molar refractivity (Wildman–Crippen MR) is 74.7 cm³/mol. The van der Waals surface area contributed by atoms with E-state index >= 15 is 0 Å². The van der Waals surface area contributed by atoms with E-state index in [-0.39, 0.29) is 0 Å². The van der Waals surface area contributed by atoms with Crippen molar-refractivity contribution < 1.29 is 9.53 Å². The van der Waals surface area contributed by atoms with Crippen LogP contribution in [0.4, 0.5) is 4.79 Å². The van der Waals surface area contributed by atoms with Crippen molar-refractivity contribution in [2.75, 3.05) is 0 Å². The number of amides is 1. The topological polar surface area (TPSA) is 81.0 Å². The van der Waals surface area contributed by atoms with Crippen molar-refractivity contribution in [3.05, 3.63) is 36.0 Å². The zero-order valence-corrected chi connectivity index (χ0v) is 11.3. The van der Waals surface area contributed by atoms with Crippen molar-refractivity contribution >= 4 is 39.4 Å². The van der Waals surface area contributed by atoms with Gasteiger partial charge in [0.15, 0.2) is 0 Å². The lowest BCUT2D eigenvalue weighted by molar-refractivity contribution is 0.208. The standard InChI is InChI=1S/C12H9N3O2S2/c13-12(16)17-10-9(8-3-6-18-11(8)15-10)19-7-1-4-14-5-2-7/h1-6,15H,(H2,13,16). The molecule has 96 valence electrons. The second kappa shape index (κ2) is 4.94. The second-order valence-electron chi connectivity index (χ2n) is 3.65. The van der Waals surface area contributed by atoms with Gasteiger partial charge in [0.25, 0.3) is 0 Å². The summed E-state index contributed by atoms with van der Waals surface area (Å²) >= 11 is 3.05. The Labute approximate surface area is 116 Å². The first kappa shape index (κ1) is 12.1. The van der Waals surface area contributed by atoms with Crippen LogP contribution in [0.3, 0.4) is 0 Å². The van der Waals surface area contributed by atoms with Crippen LogP contribution in [0, 0.1) is 0 Å². The summed E-state index contributed by atoms with van der Waals surface area (Å²) in [7, 11) is 0. The summed E-state index contributed by atoms with van der Waals surface area (Å²) in [5.41, 5.74) is 5.08. The number of carbonyl (C=O) groups excluding carboxylic acids is 1. The maximum Gasteiger partial charge on any atom is 0.411 e. The molecule has 0 saturated carbocycles. The molecule has 0 bridgehead atoms. The van der Waals surface area contributed by atoms with E-state index < -0.39 is 6.09 Å². The van der Waals surface area contributed by atoms with Crippen molar-refractivity contribution in [3.63, 3.8) is 0 Å². The zero-order valence-electron chi connectivity index (χ0n) is 9.62. The summed E-state index contributed by atoms with van der Waals surface area (Å²) in [5, 5.41) is 2.99. The minimum Gasteiger partial charge on any atom is -0.392 e. The van der Waals surface area contributed by atoms with E-state index in [9.17, 15) is 4.79 Å². The van der Waals surface area contributed by atoms with Crippen LogP contribution < -0.4 is 10.5 Å². The third-order valence-corrected chi connectivity index (χ3v) is 4.36. The van der Waals surface area contributed by atoms with Gasteiger partial charge in [-0.3, -0.25) is 4.98 Å². The highest BCUT2D eigenvalue weighted by Gasteiger charge is 2.16. The number of carbonyl (C=O) groups is 1. The van der Waals surface area contributed by atoms with Crippen LogP contribution in [0.1, 0.15) is 0 Å². The fraction of sp³-hybridized carbons (Fsp3) is 0. The Morgan fingerprint density at radius 1 is 1.37 bits per heavy atom. The molecule has 7 heteroatoms. The molecule has 19 heavy (non-hydrogen) atoms. The highest BCUT2D eigenvalue weighted by Crippen LogP contribution is 2.42. The molecule has 0 saturated heterocycles. The van der Waals surface area contributed by atoms with Crippen LogP contribution in [-0.4, -0.2) is 16.1 Å². The molecule has 3 aromatic heterocycles. The predicted octanol–water partition coefficient (Wildman–Crippen LogP) is 3.23. The highest BCUT2D eigenvalue weighted by molar-refractivity contribution is 7.99. The van der Waals surface area contributed by atoms with Crippen molar-refractivity contribution in [2.45, 2.75) is 9.79 Å². The molecular weight excluding hydrogens is 282 g/mol. The third-order valence-electron chi connectivity index (χ3n) is 2.42. The van der Waals surface area contributed by atoms with E-state index in [0.717, 1.165) is 20.0 Å². The van der Waals surface area contributed by atoms with Crippen LogP contribution in [-0.2, 0) is 0 Å². The normalized spacial score (nSPS) is 10.7. The van der Waals surface area contributed by atoms with Crippen molar-refractivity contribution in [3.8, 4) is 5.88 Å². The minimum atomic E-state index is -0.828. The molecular formula is C12H9N3O2S2. The van der Waals surface area contributed by atoms with Gasteiger partial charge < -0.3 is 15.5 Å². The molecule has 0 atom stereocenters. The Balaban J connectivity index is 2.04. The summed E-state index contributed by atoms with van der Waals surface area (Å²) in [6.07, 6.45) is 2.61. The molecule has 1 amide bonds. The van der Waals surface area contributed by atoms with Gasteiger partial charge >= 0.3 is 6.09 Å². The van der Waals surface area contributed by atoms with E-state index in [1.807, 2.05) is 23.6 Å². The molecule has 3 N–H and O–H groups in total. The maximum atomic E-state index is 10.9. The van der Waals surface area contributed by atoms with Gasteiger partial charge in [0.05, 0.1) is 4.90 Å². The Bertz CT molecular complexity index is 721. The lowest BCUT2D eigenvalue weighted by Gasteiger charge is -2.03. The molecule has 0 unspecified atom stereocenters. The van der Waals surface area contributed by atoms with Crippen LogP contribution in [0.2, 0.25) is 0 Å². The SMILES string of the molecule is NC(=O)Oc1[nH]c2sccc2c1Sc1ccncc1. The van der Waals surface area contributed by atoms with E-state index in [4.69, 9.17) is 10.5 Å². The lowest BCUT2D eigenvalue weighted by atomic mass is 10.4. The Kier molecular flexibility index (Phi) is 3.14. The highest BCUT2D eigenvalue weighted by atomic mass is 32.2. The smallest absolute Gasteiger partial charge is 0.392 e. The largest absolute Gasteiger partial charge is 0.411 e.